The van der Waals surface area contributed by atoms with Crippen LogP contribution >= 0.6 is 0 Å². The first-order valence-corrected chi connectivity index (χ1v) is 8.19. The molecule has 0 amide bonds. The van der Waals surface area contributed by atoms with Crippen LogP contribution in [0.25, 0.3) is 16.8 Å². The maximum Gasteiger partial charge on any atom is 0.244 e. The van der Waals surface area contributed by atoms with Gasteiger partial charge in [-0.3, -0.25) is 4.40 Å². The number of nitrogens with zero attached hydrogens (tertiary/aromatic N) is 5. The summed E-state index contributed by atoms with van der Waals surface area (Å²) in [6, 6.07) is 10.8. The van der Waals surface area contributed by atoms with E-state index in [9.17, 15) is 8.42 Å². The fourth-order valence-corrected chi connectivity index (χ4v) is 3.83. The highest BCUT2D eigenvalue weighted by molar-refractivity contribution is 7.89. The van der Waals surface area contributed by atoms with Crippen molar-refractivity contribution in [2.75, 3.05) is 0 Å². The zero-order valence-electron chi connectivity index (χ0n) is 11.4. The largest absolute Gasteiger partial charge is 0.277 e. The first kappa shape index (κ1) is 13.0. The van der Waals surface area contributed by atoms with E-state index in [4.69, 9.17) is 0 Å². The quantitative estimate of drug-likeness (QED) is 0.572. The molecule has 0 spiro atoms. The predicted octanol–water partition coefficient (Wildman–Crippen LogP) is 1.46. The Labute approximate surface area is 125 Å². The molecule has 0 saturated carbocycles. The van der Waals surface area contributed by atoms with Gasteiger partial charge in [0, 0.05) is 6.20 Å². The van der Waals surface area contributed by atoms with Gasteiger partial charge in [-0.1, -0.05) is 30.3 Å². The highest BCUT2D eigenvalue weighted by atomic mass is 32.2. The van der Waals surface area contributed by atoms with Gasteiger partial charge in [0.05, 0.1) is 17.5 Å². The lowest BCUT2D eigenvalue weighted by Crippen LogP contribution is -2.14. The van der Waals surface area contributed by atoms with Crippen LogP contribution in [0.4, 0.5) is 0 Å². The van der Waals surface area contributed by atoms with E-state index in [-0.39, 0.29) is 5.75 Å². The van der Waals surface area contributed by atoms with E-state index in [2.05, 4.69) is 15.2 Å². The molecule has 0 N–H and O–H groups in total. The molecule has 0 aliphatic carbocycles. The van der Waals surface area contributed by atoms with Crippen LogP contribution in [0.1, 0.15) is 5.56 Å². The highest BCUT2D eigenvalue weighted by Gasteiger charge is 2.18. The van der Waals surface area contributed by atoms with Crippen LogP contribution in [-0.4, -0.2) is 32.0 Å². The summed E-state index contributed by atoms with van der Waals surface area (Å²) in [5.41, 5.74) is 2.32. The van der Waals surface area contributed by atoms with Crippen molar-refractivity contribution < 1.29 is 8.42 Å². The van der Waals surface area contributed by atoms with Gasteiger partial charge in [0.2, 0.25) is 10.0 Å². The Morgan fingerprint density at radius 3 is 2.73 bits per heavy atom. The summed E-state index contributed by atoms with van der Waals surface area (Å²) in [5, 5.41) is 7.70. The second-order valence-electron chi connectivity index (χ2n) is 4.88. The van der Waals surface area contributed by atoms with Crippen LogP contribution in [0.3, 0.4) is 0 Å². The van der Waals surface area contributed by atoms with E-state index in [0.29, 0.717) is 16.8 Å². The fraction of sp³-hybridized carbons (Fsp3) is 0.0714. The van der Waals surface area contributed by atoms with Crippen molar-refractivity contribution in [2.24, 2.45) is 0 Å². The lowest BCUT2D eigenvalue weighted by atomic mass is 10.2. The smallest absolute Gasteiger partial charge is 0.244 e. The molecule has 4 aromatic rings. The number of benzene rings is 1. The topological polar surface area (TPSA) is 82.1 Å². The number of hydrogen-bond donors (Lipinski definition) is 0. The van der Waals surface area contributed by atoms with Crippen LogP contribution in [0, 0.1) is 0 Å². The summed E-state index contributed by atoms with van der Waals surface area (Å²) in [5.74, 6) is -0.0838. The van der Waals surface area contributed by atoms with Gasteiger partial charge >= 0.3 is 0 Å². The summed E-state index contributed by atoms with van der Waals surface area (Å²) >= 11 is 0. The first-order valence-electron chi connectivity index (χ1n) is 6.58. The second kappa shape index (κ2) is 4.63. The molecule has 22 heavy (non-hydrogen) atoms. The van der Waals surface area contributed by atoms with Crippen molar-refractivity contribution in [3.8, 4) is 0 Å². The maximum atomic E-state index is 12.6. The van der Waals surface area contributed by atoms with E-state index in [1.165, 1.54) is 22.7 Å². The minimum absolute atomic E-state index is 0.0838. The van der Waals surface area contributed by atoms with Gasteiger partial charge in [-0.05, 0) is 11.6 Å². The summed E-state index contributed by atoms with van der Waals surface area (Å²) in [6.07, 6.45) is 4.55. The average molecular weight is 313 g/mol. The number of aromatic nitrogens is 5. The SMILES string of the molecule is O=S(=O)(Cc1ccccc1)n1ccc2c1ncc1nncn12. The summed E-state index contributed by atoms with van der Waals surface area (Å²) in [6.45, 7) is 0. The zero-order valence-corrected chi connectivity index (χ0v) is 12.2. The van der Waals surface area contributed by atoms with E-state index in [1.54, 1.807) is 22.6 Å². The van der Waals surface area contributed by atoms with Gasteiger partial charge in [0.25, 0.3) is 0 Å². The Morgan fingerprint density at radius 1 is 1.09 bits per heavy atom. The van der Waals surface area contributed by atoms with E-state index in [1.807, 2.05) is 18.2 Å². The third kappa shape index (κ3) is 1.96. The Kier molecular flexibility index (Phi) is 2.73. The monoisotopic (exact) mass is 313 g/mol. The Balaban J connectivity index is 1.86. The zero-order chi connectivity index (χ0) is 15.2. The van der Waals surface area contributed by atoms with Crippen molar-refractivity contribution in [3.05, 3.63) is 60.7 Å². The van der Waals surface area contributed by atoms with E-state index < -0.39 is 10.0 Å². The molecule has 0 bridgehead atoms. The van der Waals surface area contributed by atoms with E-state index >= 15 is 0 Å². The van der Waals surface area contributed by atoms with Crippen molar-refractivity contribution in [2.45, 2.75) is 5.75 Å². The second-order valence-corrected chi connectivity index (χ2v) is 6.73. The van der Waals surface area contributed by atoms with Gasteiger partial charge in [-0.25, -0.2) is 17.4 Å². The highest BCUT2D eigenvalue weighted by Crippen LogP contribution is 2.18. The molecule has 7 nitrogen and oxygen atoms in total. The lowest BCUT2D eigenvalue weighted by molar-refractivity contribution is 0.588. The van der Waals surface area contributed by atoms with Crippen LogP contribution in [-0.2, 0) is 15.8 Å². The molecule has 0 fully saturated rings. The minimum Gasteiger partial charge on any atom is -0.277 e. The molecule has 8 heteroatoms. The van der Waals surface area contributed by atoms with Crippen LogP contribution in [0.15, 0.2) is 55.1 Å². The van der Waals surface area contributed by atoms with Crippen LogP contribution in [0.5, 0.6) is 0 Å². The summed E-state index contributed by atoms with van der Waals surface area (Å²) in [7, 11) is -3.55. The van der Waals surface area contributed by atoms with Crippen LogP contribution in [0.2, 0.25) is 0 Å². The Morgan fingerprint density at radius 2 is 1.91 bits per heavy atom. The molecular formula is C14H11N5O2S. The third-order valence-electron chi connectivity index (χ3n) is 3.43. The number of hydrogen-bond acceptors (Lipinski definition) is 5. The molecule has 4 rings (SSSR count). The molecule has 0 saturated heterocycles. The van der Waals surface area contributed by atoms with Gasteiger partial charge in [0.15, 0.2) is 11.3 Å². The van der Waals surface area contributed by atoms with E-state index in [0.717, 1.165) is 5.56 Å². The molecular weight excluding hydrogens is 302 g/mol. The molecule has 0 atom stereocenters. The molecule has 0 aliphatic heterocycles. The lowest BCUT2D eigenvalue weighted by Gasteiger charge is -2.07. The standard InChI is InChI=1S/C14H11N5O2S/c20-22(21,9-11-4-2-1-3-5-11)19-7-6-12-14(19)15-8-13-17-16-10-18(12)13/h1-8,10H,9H2. The van der Waals surface area contributed by atoms with Crippen molar-refractivity contribution >= 4 is 26.8 Å². The molecule has 3 aromatic heterocycles. The Hall–Kier alpha value is -2.74. The fourth-order valence-electron chi connectivity index (χ4n) is 2.42. The average Bonchev–Trinajstić information content (AvgIpc) is 3.13. The number of rotatable bonds is 3. The van der Waals surface area contributed by atoms with Gasteiger partial charge in [-0.15, -0.1) is 10.2 Å². The predicted molar refractivity (Wildman–Crippen MR) is 80.7 cm³/mol. The van der Waals surface area contributed by atoms with Crippen molar-refractivity contribution in [3.63, 3.8) is 0 Å². The summed E-state index contributed by atoms with van der Waals surface area (Å²) in [4.78, 5) is 4.21. The Bertz CT molecular complexity index is 1070. The maximum absolute atomic E-state index is 12.6. The summed E-state index contributed by atoms with van der Waals surface area (Å²) < 4.78 is 28.2. The van der Waals surface area contributed by atoms with Gasteiger partial charge < -0.3 is 0 Å². The normalized spacial score (nSPS) is 12.2. The molecule has 0 radical (unpaired) electrons. The van der Waals surface area contributed by atoms with Gasteiger partial charge in [-0.2, -0.15) is 0 Å². The molecule has 3 heterocycles. The molecule has 1 aromatic carbocycles. The van der Waals surface area contributed by atoms with Crippen LogP contribution < -0.4 is 0 Å². The molecule has 0 aliphatic rings. The third-order valence-corrected chi connectivity index (χ3v) is 5.03. The van der Waals surface area contributed by atoms with Crippen molar-refractivity contribution in [1.29, 1.82) is 0 Å². The van der Waals surface area contributed by atoms with Gasteiger partial charge in [0.1, 0.15) is 6.33 Å². The molecule has 110 valence electrons. The van der Waals surface area contributed by atoms with Crippen molar-refractivity contribution in [1.82, 2.24) is 23.6 Å². The number of fused-ring (bicyclic) bond motifs is 3. The molecule has 0 unspecified atom stereocenters. The minimum atomic E-state index is -3.55. The first-order chi connectivity index (χ1) is 10.6.